The van der Waals surface area contributed by atoms with Gasteiger partial charge in [-0.15, -0.1) is 0 Å². The van der Waals surface area contributed by atoms with E-state index in [1.165, 1.54) is 19.3 Å². The molecule has 0 aliphatic carbocycles. The number of aliphatic hydroxyl groups excluding tert-OH is 1. The number of rotatable bonds is 38. The van der Waals surface area contributed by atoms with Crippen LogP contribution >= 0.6 is 7.82 Å². The van der Waals surface area contributed by atoms with Crippen molar-refractivity contribution < 1.29 is 47.2 Å². The first kappa shape index (κ1) is 57.4. The van der Waals surface area contributed by atoms with E-state index in [4.69, 9.17) is 18.5 Å². The summed E-state index contributed by atoms with van der Waals surface area (Å²) in [5.74, 6) is -1.11. The number of allylic oxidation sites excluding steroid dienone is 19. The van der Waals surface area contributed by atoms with Crippen molar-refractivity contribution in [1.82, 2.24) is 0 Å². The minimum Gasteiger partial charge on any atom is -0.462 e. The van der Waals surface area contributed by atoms with Gasteiger partial charge in [0, 0.05) is 12.8 Å². The van der Waals surface area contributed by atoms with Crippen LogP contribution in [-0.2, 0) is 32.7 Å². The number of aliphatic hydroxyl groups is 1. The molecule has 0 fully saturated rings. The Morgan fingerprint density at radius 2 is 1.13 bits per heavy atom. The zero-order chi connectivity index (χ0) is 45.1. The van der Waals surface area contributed by atoms with E-state index in [0.717, 1.165) is 57.8 Å². The van der Waals surface area contributed by atoms with Crippen LogP contribution in [0.25, 0.3) is 0 Å². The number of hydrogen-bond acceptors (Lipinski definition) is 8. The van der Waals surface area contributed by atoms with Crippen molar-refractivity contribution in [2.24, 2.45) is 0 Å². The number of nitrogens with zero attached hydrogens (tertiary/aromatic N) is 1. The minimum absolute atomic E-state index is 0.0114. The van der Waals surface area contributed by atoms with E-state index in [1.54, 1.807) is 12.2 Å². The van der Waals surface area contributed by atoms with Gasteiger partial charge in [-0.2, -0.15) is 0 Å². The van der Waals surface area contributed by atoms with Gasteiger partial charge in [0.1, 0.15) is 19.8 Å². The molecule has 1 unspecified atom stereocenters. The summed E-state index contributed by atoms with van der Waals surface area (Å²) in [6.45, 7) is 3.93. The summed E-state index contributed by atoms with van der Waals surface area (Å²) in [7, 11) is 1.30. The lowest BCUT2D eigenvalue weighted by atomic mass is 10.1. The smallest absolute Gasteiger partial charge is 0.462 e. The number of unbranched alkanes of at least 4 members (excludes halogenated alkanes) is 3. The first-order chi connectivity index (χ1) is 29.4. The second kappa shape index (κ2) is 40.4. The van der Waals surface area contributed by atoms with E-state index in [1.807, 2.05) is 45.4 Å². The predicted octanol–water partition coefficient (Wildman–Crippen LogP) is 11.9. The molecule has 0 aromatic carbocycles. The number of likely N-dealkylation sites (N-methyl/N-ethyl adjacent to an activating group) is 1. The monoisotopic (exact) mass is 871 g/mol. The number of hydrogen-bond donors (Lipinski definition) is 2. The fraction of sp³-hybridized carbons (Fsp3) is 0.560. The maximum Gasteiger partial charge on any atom is 0.472 e. The average Bonchev–Trinajstić information content (AvgIpc) is 3.21. The topological polar surface area (TPSA) is 129 Å². The number of carbonyl (C=O) groups is 2. The van der Waals surface area contributed by atoms with Crippen LogP contribution in [0.3, 0.4) is 0 Å². The Kier molecular flexibility index (Phi) is 38.0. The molecule has 0 aromatic heterocycles. The lowest BCUT2D eigenvalue weighted by Crippen LogP contribution is -2.37. The number of quaternary nitrogens is 1. The van der Waals surface area contributed by atoms with Gasteiger partial charge in [-0.25, -0.2) is 4.57 Å². The Balaban J connectivity index is 4.69. The molecule has 10 nitrogen and oxygen atoms in total. The number of phosphoric ester groups is 1. The first-order valence-electron chi connectivity index (χ1n) is 22.4. The van der Waals surface area contributed by atoms with Gasteiger partial charge in [0.25, 0.3) is 0 Å². The van der Waals surface area contributed by atoms with Crippen LogP contribution in [-0.4, -0.2) is 86.1 Å². The van der Waals surface area contributed by atoms with Crippen LogP contribution in [0.4, 0.5) is 0 Å². The average molecular weight is 871 g/mol. The van der Waals surface area contributed by atoms with Crippen LogP contribution in [0.15, 0.2) is 122 Å². The normalized spacial score (nSPS) is 15.2. The molecule has 0 heterocycles. The molecular formula is C50H81NO9P+. The predicted molar refractivity (Wildman–Crippen MR) is 253 cm³/mol. The van der Waals surface area contributed by atoms with Crippen molar-refractivity contribution in [3.63, 3.8) is 0 Å². The summed E-state index contributed by atoms with van der Waals surface area (Å²) in [6, 6.07) is 0. The Labute approximate surface area is 370 Å². The summed E-state index contributed by atoms with van der Waals surface area (Å²) in [6.07, 6.45) is 53.0. The molecule has 0 aliphatic heterocycles. The second-order valence-electron chi connectivity index (χ2n) is 15.5. The second-order valence-corrected chi connectivity index (χ2v) is 17.0. The maximum absolute atomic E-state index is 12.7. The molecule has 0 rings (SSSR count). The minimum atomic E-state index is -4.46. The van der Waals surface area contributed by atoms with Gasteiger partial charge in [-0.1, -0.05) is 148 Å². The van der Waals surface area contributed by atoms with E-state index in [-0.39, 0.29) is 26.1 Å². The third-order valence-corrected chi connectivity index (χ3v) is 9.58. The zero-order valence-corrected chi connectivity index (χ0v) is 39.1. The summed E-state index contributed by atoms with van der Waals surface area (Å²) >= 11 is 0. The molecule has 0 saturated heterocycles. The summed E-state index contributed by atoms with van der Waals surface area (Å²) < 4.78 is 34.0. The highest BCUT2D eigenvalue weighted by atomic mass is 31.2. The molecule has 0 aromatic rings. The Bertz CT molecular complexity index is 1460. The molecule has 3 atom stereocenters. The van der Waals surface area contributed by atoms with E-state index < -0.39 is 38.6 Å². The standard InChI is InChI=1S/C50H80NO9P/c1-6-8-10-12-14-16-18-20-21-22-23-24-25-27-29-31-33-35-37-41-49(53)57-45-48(46-59-61(55,56)58-44-43-51(3,4)5)60-50(54)42-38-40-47(52)39-36-34-32-30-28-26-19-17-15-13-11-9-7-2/h8,10,14-17,20-21,23-24,26-29,32-36,39,47-48,52H,6-7,9,11-13,18-19,22,25,30-31,37-38,40-46H2,1-5H3/p+1/b10-8-,16-14-,17-15-,21-20-,24-23-,28-26-,29-27-,34-32-,35-33-,39-36+/t47-,48+/m0/s1. The lowest BCUT2D eigenvalue weighted by Gasteiger charge is -2.24. The van der Waals surface area contributed by atoms with Crippen molar-refractivity contribution in [2.75, 3.05) is 47.5 Å². The van der Waals surface area contributed by atoms with Gasteiger partial charge in [-0.05, 0) is 83.5 Å². The van der Waals surface area contributed by atoms with Crippen molar-refractivity contribution >= 4 is 19.8 Å². The van der Waals surface area contributed by atoms with Crippen molar-refractivity contribution in [1.29, 1.82) is 0 Å². The van der Waals surface area contributed by atoms with Gasteiger partial charge in [0.15, 0.2) is 6.10 Å². The number of phosphoric acid groups is 1. The molecule has 0 spiro atoms. The maximum atomic E-state index is 12.7. The van der Waals surface area contributed by atoms with Crippen molar-refractivity contribution in [2.45, 2.75) is 135 Å². The lowest BCUT2D eigenvalue weighted by molar-refractivity contribution is -0.870. The highest BCUT2D eigenvalue weighted by molar-refractivity contribution is 7.47. The van der Waals surface area contributed by atoms with Crippen molar-refractivity contribution in [3.8, 4) is 0 Å². The molecule has 2 N–H and O–H groups in total. The van der Waals surface area contributed by atoms with Crippen LogP contribution in [0.5, 0.6) is 0 Å². The fourth-order valence-corrected chi connectivity index (χ4v) is 5.82. The molecule has 0 saturated carbocycles. The molecule has 11 heteroatoms. The van der Waals surface area contributed by atoms with Gasteiger partial charge >= 0.3 is 19.8 Å². The quantitative estimate of drug-likeness (QED) is 0.0156. The summed E-state index contributed by atoms with van der Waals surface area (Å²) in [5.41, 5.74) is 0. The van der Waals surface area contributed by atoms with E-state index in [2.05, 4.69) is 98.9 Å². The van der Waals surface area contributed by atoms with Gasteiger partial charge in [-0.3, -0.25) is 18.6 Å². The molecule has 61 heavy (non-hydrogen) atoms. The Morgan fingerprint density at radius 3 is 1.67 bits per heavy atom. The van der Waals surface area contributed by atoms with Crippen LogP contribution < -0.4 is 0 Å². The molecule has 0 amide bonds. The fourth-order valence-electron chi connectivity index (χ4n) is 5.08. The number of carbonyl (C=O) groups excluding carboxylic acids is 2. The third kappa shape index (κ3) is 44.2. The van der Waals surface area contributed by atoms with Crippen LogP contribution in [0.2, 0.25) is 0 Å². The first-order valence-corrected chi connectivity index (χ1v) is 23.9. The SMILES string of the molecule is CC/C=C\C/C=C\C/C=C\C/C=C\C/C=C\C/C=C\CCC(=O)OC[C@H](COP(=O)(O)OCC[N+](C)(C)C)OC(=O)CCC[C@@H](O)/C=C/C=C\C/C=C\C/C=C\CCCCC. The molecule has 0 radical (unpaired) electrons. The number of ether oxygens (including phenoxy) is 2. The summed E-state index contributed by atoms with van der Waals surface area (Å²) in [5, 5.41) is 10.3. The highest BCUT2D eigenvalue weighted by Crippen LogP contribution is 2.43. The van der Waals surface area contributed by atoms with Gasteiger partial charge in [0.2, 0.25) is 0 Å². The van der Waals surface area contributed by atoms with Gasteiger partial charge < -0.3 is 24.0 Å². The molecular weight excluding hydrogens is 790 g/mol. The van der Waals surface area contributed by atoms with Crippen molar-refractivity contribution in [3.05, 3.63) is 122 Å². The number of esters is 2. The zero-order valence-electron chi connectivity index (χ0n) is 38.2. The largest absolute Gasteiger partial charge is 0.472 e. The van der Waals surface area contributed by atoms with Crippen LogP contribution in [0.1, 0.15) is 123 Å². The van der Waals surface area contributed by atoms with E-state index in [0.29, 0.717) is 30.3 Å². The van der Waals surface area contributed by atoms with Crippen LogP contribution in [0, 0.1) is 0 Å². The third-order valence-electron chi connectivity index (χ3n) is 8.59. The van der Waals surface area contributed by atoms with Gasteiger partial charge in [0.05, 0.1) is 33.9 Å². The molecule has 0 bridgehead atoms. The van der Waals surface area contributed by atoms with E-state index in [9.17, 15) is 24.2 Å². The molecule has 0 aliphatic rings. The Hall–Kier alpha value is -3.63. The highest BCUT2D eigenvalue weighted by Gasteiger charge is 2.27. The Morgan fingerprint density at radius 1 is 0.607 bits per heavy atom. The molecule has 344 valence electrons. The summed E-state index contributed by atoms with van der Waals surface area (Å²) in [4.78, 5) is 35.4. The van der Waals surface area contributed by atoms with E-state index >= 15 is 0 Å².